The molecule has 2 aromatic heterocycles. The fraction of sp³-hybridized carbons (Fsp3) is 0.300. The van der Waals surface area contributed by atoms with Gasteiger partial charge in [0.1, 0.15) is 0 Å². The molecule has 0 spiro atoms. The number of piperazine rings is 1. The maximum absolute atomic E-state index is 14.0. The van der Waals surface area contributed by atoms with Gasteiger partial charge in [0.2, 0.25) is 0 Å². The molecule has 1 amide bonds. The Balaban J connectivity index is 1.31. The number of carbonyl (C=O) groups excluding carboxylic acids is 1. The van der Waals surface area contributed by atoms with Crippen molar-refractivity contribution in [1.29, 1.82) is 0 Å². The molecule has 3 heterocycles. The maximum atomic E-state index is 14.0. The van der Waals surface area contributed by atoms with Crippen LogP contribution in [0.1, 0.15) is 38.2 Å². The number of β-amino-alcohol motifs (C(OH)–C–C–N with tert-alkyl or cyclic N) is 1. The monoisotopic (exact) mass is 562 g/mol. The van der Waals surface area contributed by atoms with Gasteiger partial charge in [-0.05, 0) is 42.3 Å². The van der Waals surface area contributed by atoms with Crippen molar-refractivity contribution in [3.05, 3.63) is 94.4 Å². The van der Waals surface area contributed by atoms with E-state index in [9.17, 15) is 18.0 Å². The molecule has 0 atom stereocenters. The number of alkyl halides is 3. The Kier molecular flexibility index (Phi) is 8.35. The van der Waals surface area contributed by atoms with Crippen molar-refractivity contribution < 1.29 is 23.1 Å². The molecular weight excluding hydrogens is 533 g/mol. The summed E-state index contributed by atoms with van der Waals surface area (Å²) in [5.41, 5.74) is 2.52. The predicted molar refractivity (Wildman–Crippen MR) is 148 cm³/mol. The summed E-state index contributed by atoms with van der Waals surface area (Å²) in [7, 11) is 0. The number of aryl methyl sites for hydroxylation is 1. The van der Waals surface area contributed by atoms with Crippen LogP contribution in [0.5, 0.6) is 0 Å². The largest absolute Gasteiger partial charge is 0.416 e. The standard InChI is InChI=1S/C30H29F3N6O2/c1-21-2-4-24(16-23(21)5-3-22-18-34-28-8-9-35-39(28)19-22)29(41)36-26-7-6-25(27(17-26)30(31,32)33)20-38-12-10-37(11-13-38)14-15-40/h2,4,6-9,16-19,40H,10-15,20H2,1H3,(H,36,41). The number of anilines is 1. The number of rotatable bonds is 6. The van der Waals surface area contributed by atoms with Crippen molar-refractivity contribution in [2.75, 3.05) is 44.6 Å². The van der Waals surface area contributed by atoms with Gasteiger partial charge in [-0.15, -0.1) is 0 Å². The summed E-state index contributed by atoms with van der Waals surface area (Å²) in [4.78, 5) is 21.4. The Morgan fingerprint density at radius 2 is 1.83 bits per heavy atom. The van der Waals surface area contributed by atoms with Crippen LogP contribution >= 0.6 is 0 Å². The summed E-state index contributed by atoms with van der Waals surface area (Å²) in [6.07, 6.45) is 0.449. The summed E-state index contributed by atoms with van der Waals surface area (Å²) < 4.78 is 43.6. The number of aromatic nitrogens is 3. The van der Waals surface area contributed by atoms with Gasteiger partial charge < -0.3 is 10.4 Å². The van der Waals surface area contributed by atoms with Gasteiger partial charge in [-0.3, -0.25) is 14.6 Å². The first kappa shape index (κ1) is 28.3. The lowest BCUT2D eigenvalue weighted by atomic mass is 10.0. The van der Waals surface area contributed by atoms with E-state index >= 15 is 0 Å². The van der Waals surface area contributed by atoms with Gasteiger partial charge in [0.05, 0.1) is 23.9 Å². The van der Waals surface area contributed by atoms with Crippen molar-refractivity contribution in [2.45, 2.75) is 19.6 Å². The van der Waals surface area contributed by atoms with Crippen LogP contribution in [0.4, 0.5) is 18.9 Å². The number of fused-ring (bicyclic) bond motifs is 1. The van der Waals surface area contributed by atoms with Crippen molar-refractivity contribution in [1.82, 2.24) is 24.4 Å². The van der Waals surface area contributed by atoms with Gasteiger partial charge in [-0.2, -0.15) is 18.3 Å². The van der Waals surface area contributed by atoms with E-state index in [0.717, 1.165) is 11.6 Å². The van der Waals surface area contributed by atoms with Crippen molar-refractivity contribution in [3.8, 4) is 11.8 Å². The number of aliphatic hydroxyl groups excluding tert-OH is 1. The second kappa shape index (κ2) is 12.1. The summed E-state index contributed by atoms with van der Waals surface area (Å²) in [6, 6.07) is 10.7. The number of nitrogens with one attached hydrogen (secondary N) is 1. The Morgan fingerprint density at radius 3 is 2.59 bits per heavy atom. The highest BCUT2D eigenvalue weighted by molar-refractivity contribution is 6.04. The van der Waals surface area contributed by atoms with Crippen LogP contribution in [0, 0.1) is 18.8 Å². The normalized spacial score (nSPS) is 14.6. The van der Waals surface area contributed by atoms with E-state index in [-0.39, 0.29) is 30.0 Å². The molecule has 5 rings (SSSR count). The van der Waals surface area contributed by atoms with Crippen LogP contribution in [0.25, 0.3) is 5.65 Å². The SMILES string of the molecule is Cc1ccc(C(=O)Nc2ccc(CN3CCN(CCO)CC3)c(C(F)(F)F)c2)cc1C#Cc1cnc2ccnn2c1. The number of hydrogen-bond acceptors (Lipinski definition) is 6. The minimum absolute atomic E-state index is 0.0593. The summed E-state index contributed by atoms with van der Waals surface area (Å²) in [5.74, 6) is 5.54. The summed E-state index contributed by atoms with van der Waals surface area (Å²) >= 11 is 0. The van der Waals surface area contributed by atoms with Crippen LogP contribution < -0.4 is 5.32 Å². The number of halogens is 3. The zero-order valence-electron chi connectivity index (χ0n) is 22.4. The molecule has 4 aromatic rings. The van der Waals surface area contributed by atoms with Crippen LogP contribution in [0.15, 0.2) is 61.1 Å². The van der Waals surface area contributed by atoms with Gasteiger partial charge in [0, 0.05) is 74.5 Å². The van der Waals surface area contributed by atoms with Gasteiger partial charge in [-0.1, -0.05) is 24.0 Å². The van der Waals surface area contributed by atoms with Crippen LogP contribution in [-0.4, -0.2) is 74.7 Å². The number of hydrogen-bond donors (Lipinski definition) is 2. The van der Waals surface area contributed by atoms with Gasteiger partial charge in [0.25, 0.3) is 5.91 Å². The van der Waals surface area contributed by atoms with Crippen LogP contribution in [0.3, 0.4) is 0 Å². The quantitative estimate of drug-likeness (QED) is 0.348. The minimum Gasteiger partial charge on any atom is -0.395 e. The third-order valence-corrected chi connectivity index (χ3v) is 7.04. The van der Waals surface area contributed by atoms with E-state index in [1.165, 1.54) is 12.1 Å². The van der Waals surface area contributed by atoms with E-state index < -0.39 is 17.6 Å². The molecule has 1 fully saturated rings. The second-order valence-electron chi connectivity index (χ2n) is 9.92. The van der Waals surface area contributed by atoms with Gasteiger partial charge >= 0.3 is 6.18 Å². The molecular formula is C30H29F3N6O2. The van der Waals surface area contributed by atoms with E-state index in [1.54, 1.807) is 47.4 Å². The lowest BCUT2D eigenvalue weighted by molar-refractivity contribution is -0.138. The first-order valence-corrected chi connectivity index (χ1v) is 13.2. The Hall–Kier alpha value is -4.24. The Labute approximate surface area is 235 Å². The van der Waals surface area contributed by atoms with Crippen molar-refractivity contribution >= 4 is 17.2 Å². The molecule has 2 aromatic carbocycles. The number of amides is 1. The van der Waals surface area contributed by atoms with E-state index in [4.69, 9.17) is 5.11 Å². The first-order chi connectivity index (χ1) is 19.7. The fourth-order valence-corrected chi connectivity index (χ4v) is 4.72. The van der Waals surface area contributed by atoms with E-state index in [2.05, 4.69) is 32.1 Å². The van der Waals surface area contributed by atoms with Crippen molar-refractivity contribution in [2.24, 2.45) is 0 Å². The maximum Gasteiger partial charge on any atom is 0.416 e. The molecule has 212 valence electrons. The fourth-order valence-electron chi connectivity index (χ4n) is 4.72. The highest BCUT2D eigenvalue weighted by Crippen LogP contribution is 2.34. The molecule has 0 saturated carbocycles. The molecule has 1 aliphatic heterocycles. The zero-order valence-corrected chi connectivity index (χ0v) is 22.4. The van der Waals surface area contributed by atoms with Gasteiger partial charge in [0.15, 0.2) is 5.65 Å². The molecule has 8 nitrogen and oxygen atoms in total. The Morgan fingerprint density at radius 1 is 1.05 bits per heavy atom. The average molecular weight is 563 g/mol. The number of carbonyl (C=O) groups is 1. The summed E-state index contributed by atoms with van der Waals surface area (Å²) in [6.45, 7) is 5.24. The highest BCUT2D eigenvalue weighted by atomic mass is 19.4. The predicted octanol–water partition coefficient (Wildman–Crippen LogP) is 3.82. The molecule has 0 unspecified atom stereocenters. The molecule has 0 aliphatic carbocycles. The molecule has 11 heteroatoms. The zero-order chi connectivity index (χ0) is 29.0. The first-order valence-electron chi connectivity index (χ1n) is 13.2. The highest BCUT2D eigenvalue weighted by Gasteiger charge is 2.34. The molecule has 2 N–H and O–H groups in total. The van der Waals surface area contributed by atoms with Crippen molar-refractivity contribution in [3.63, 3.8) is 0 Å². The second-order valence-corrected chi connectivity index (χ2v) is 9.92. The van der Waals surface area contributed by atoms with E-state index in [1.807, 2.05) is 11.8 Å². The molecule has 41 heavy (non-hydrogen) atoms. The third-order valence-electron chi connectivity index (χ3n) is 7.04. The van der Waals surface area contributed by atoms with Crippen LogP contribution in [0.2, 0.25) is 0 Å². The molecule has 1 aliphatic rings. The Bertz CT molecular complexity index is 1610. The van der Waals surface area contributed by atoms with E-state index in [0.29, 0.717) is 49.5 Å². The molecule has 0 bridgehead atoms. The third kappa shape index (κ3) is 6.92. The lowest BCUT2D eigenvalue weighted by Gasteiger charge is -2.34. The summed E-state index contributed by atoms with van der Waals surface area (Å²) in [5, 5.41) is 15.9. The average Bonchev–Trinajstić information content (AvgIpc) is 3.42. The number of nitrogens with zero attached hydrogens (tertiary/aromatic N) is 5. The van der Waals surface area contributed by atoms with Crippen LogP contribution in [-0.2, 0) is 12.7 Å². The minimum atomic E-state index is -4.57. The molecule has 0 radical (unpaired) electrons. The number of aliphatic hydroxyl groups is 1. The lowest BCUT2D eigenvalue weighted by Crippen LogP contribution is -2.46. The smallest absolute Gasteiger partial charge is 0.395 e. The number of benzene rings is 2. The molecule has 1 saturated heterocycles. The van der Waals surface area contributed by atoms with Gasteiger partial charge in [-0.25, -0.2) is 9.50 Å². The topological polar surface area (TPSA) is 86.0 Å².